The second-order valence-corrected chi connectivity index (χ2v) is 5.40. The van der Waals surface area contributed by atoms with E-state index in [1.165, 1.54) is 17.3 Å². The molecule has 1 amide bonds. The van der Waals surface area contributed by atoms with Crippen molar-refractivity contribution >= 4 is 23.4 Å². The molecule has 26 heavy (non-hydrogen) atoms. The first-order chi connectivity index (χ1) is 12.7. The van der Waals surface area contributed by atoms with Crippen LogP contribution in [0.25, 0.3) is 0 Å². The molecule has 0 aliphatic heterocycles. The Balaban J connectivity index is 1.47. The van der Waals surface area contributed by atoms with E-state index in [-0.39, 0.29) is 12.5 Å². The van der Waals surface area contributed by atoms with Crippen LogP contribution in [0.15, 0.2) is 43.1 Å². The second kappa shape index (κ2) is 8.51. The van der Waals surface area contributed by atoms with Crippen molar-refractivity contribution < 1.29 is 4.79 Å². The van der Waals surface area contributed by atoms with Gasteiger partial charge in [-0.05, 0) is 19.1 Å². The van der Waals surface area contributed by atoms with Gasteiger partial charge in [-0.3, -0.25) is 4.79 Å². The third-order valence-electron chi connectivity index (χ3n) is 3.28. The average Bonchev–Trinajstić information content (AvgIpc) is 3.12. The van der Waals surface area contributed by atoms with Crippen LogP contribution in [0.2, 0.25) is 0 Å². The molecule has 0 aromatic carbocycles. The molecule has 3 heterocycles. The fraction of sp³-hybridized carbons (Fsp3) is 0.250. The van der Waals surface area contributed by atoms with Gasteiger partial charge in [-0.2, -0.15) is 5.10 Å². The first kappa shape index (κ1) is 17.3. The van der Waals surface area contributed by atoms with Gasteiger partial charge in [0.05, 0.1) is 0 Å². The molecule has 0 atom stereocenters. The van der Waals surface area contributed by atoms with E-state index in [2.05, 4.69) is 41.0 Å². The fourth-order valence-corrected chi connectivity index (χ4v) is 2.20. The molecular weight excluding hydrogens is 334 g/mol. The molecule has 0 saturated carbocycles. The average molecular weight is 353 g/mol. The Morgan fingerprint density at radius 1 is 1.15 bits per heavy atom. The lowest BCUT2D eigenvalue weighted by Crippen LogP contribution is -2.31. The van der Waals surface area contributed by atoms with Crippen LogP contribution in [-0.2, 0) is 11.3 Å². The Morgan fingerprint density at radius 2 is 2.04 bits per heavy atom. The van der Waals surface area contributed by atoms with Gasteiger partial charge in [-0.25, -0.2) is 24.6 Å². The number of rotatable bonds is 8. The van der Waals surface area contributed by atoms with Crippen LogP contribution < -0.4 is 16.0 Å². The normalized spacial score (nSPS) is 10.3. The SMILES string of the molecule is Cc1nc(NCCNC(=O)Cn2cncn2)cc(Nc2ccccn2)n1. The summed E-state index contributed by atoms with van der Waals surface area (Å²) in [5.41, 5.74) is 0. The Bertz CT molecular complexity index is 836. The zero-order valence-corrected chi connectivity index (χ0v) is 14.3. The number of nitrogens with one attached hydrogen (secondary N) is 3. The highest BCUT2D eigenvalue weighted by Crippen LogP contribution is 2.15. The molecule has 3 aromatic rings. The van der Waals surface area contributed by atoms with E-state index in [9.17, 15) is 4.79 Å². The number of anilines is 3. The number of carbonyl (C=O) groups is 1. The topological polar surface area (TPSA) is 123 Å². The molecule has 0 spiro atoms. The van der Waals surface area contributed by atoms with Crippen molar-refractivity contribution in [2.45, 2.75) is 13.5 Å². The smallest absolute Gasteiger partial charge is 0.241 e. The zero-order valence-electron chi connectivity index (χ0n) is 14.3. The fourth-order valence-electron chi connectivity index (χ4n) is 2.20. The van der Waals surface area contributed by atoms with Crippen LogP contribution >= 0.6 is 0 Å². The van der Waals surface area contributed by atoms with Crippen LogP contribution in [0.3, 0.4) is 0 Å². The minimum atomic E-state index is -0.131. The number of pyridine rings is 1. The molecule has 0 fully saturated rings. The lowest BCUT2D eigenvalue weighted by molar-refractivity contribution is -0.121. The molecular formula is C16H19N9O. The summed E-state index contributed by atoms with van der Waals surface area (Å²) >= 11 is 0. The lowest BCUT2D eigenvalue weighted by atomic mass is 10.4. The Kier molecular flexibility index (Phi) is 5.65. The first-order valence-corrected chi connectivity index (χ1v) is 8.06. The van der Waals surface area contributed by atoms with Crippen LogP contribution in [0.5, 0.6) is 0 Å². The Hall–Kier alpha value is -3.56. The van der Waals surface area contributed by atoms with Crippen LogP contribution in [0.4, 0.5) is 17.5 Å². The predicted octanol–water partition coefficient (Wildman–Crippen LogP) is 0.743. The maximum atomic E-state index is 11.8. The number of aromatic nitrogens is 6. The molecule has 0 unspecified atom stereocenters. The highest BCUT2D eigenvalue weighted by atomic mass is 16.2. The van der Waals surface area contributed by atoms with Gasteiger partial charge >= 0.3 is 0 Å². The quantitative estimate of drug-likeness (QED) is 0.507. The Labute approximate surface area is 150 Å². The lowest BCUT2D eigenvalue weighted by Gasteiger charge is -2.10. The van der Waals surface area contributed by atoms with Crippen molar-refractivity contribution in [1.29, 1.82) is 0 Å². The van der Waals surface area contributed by atoms with Gasteiger partial charge in [-0.1, -0.05) is 6.07 Å². The highest BCUT2D eigenvalue weighted by Gasteiger charge is 2.04. The molecule has 10 nitrogen and oxygen atoms in total. The van der Waals surface area contributed by atoms with E-state index >= 15 is 0 Å². The number of hydrogen-bond donors (Lipinski definition) is 3. The van der Waals surface area contributed by atoms with Gasteiger partial charge in [0, 0.05) is 25.4 Å². The number of hydrogen-bond acceptors (Lipinski definition) is 8. The first-order valence-electron chi connectivity index (χ1n) is 8.06. The summed E-state index contributed by atoms with van der Waals surface area (Å²) in [7, 11) is 0. The highest BCUT2D eigenvalue weighted by molar-refractivity contribution is 5.75. The minimum absolute atomic E-state index is 0.131. The summed E-state index contributed by atoms with van der Waals surface area (Å²) in [6.45, 7) is 2.95. The third-order valence-corrected chi connectivity index (χ3v) is 3.28. The Morgan fingerprint density at radius 3 is 2.81 bits per heavy atom. The maximum absolute atomic E-state index is 11.8. The minimum Gasteiger partial charge on any atom is -0.368 e. The maximum Gasteiger partial charge on any atom is 0.241 e. The summed E-state index contributed by atoms with van der Waals surface area (Å²) in [5.74, 6) is 2.52. The number of nitrogens with zero attached hydrogens (tertiary/aromatic N) is 6. The van der Waals surface area contributed by atoms with E-state index in [0.717, 1.165) is 0 Å². The molecule has 10 heteroatoms. The van der Waals surface area contributed by atoms with Gasteiger partial charge in [-0.15, -0.1) is 0 Å². The molecule has 3 aromatic heterocycles. The van der Waals surface area contributed by atoms with Crippen molar-refractivity contribution in [1.82, 2.24) is 35.0 Å². The van der Waals surface area contributed by atoms with Gasteiger partial charge in [0.25, 0.3) is 0 Å². The monoisotopic (exact) mass is 353 g/mol. The van der Waals surface area contributed by atoms with Crippen LogP contribution in [0.1, 0.15) is 5.82 Å². The number of aryl methyl sites for hydroxylation is 1. The second-order valence-electron chi connectivity index (χ2n) is 5.40. The van der Waals surface area contributed by atoms with Crippen molar-refractivity contribution in [2.75, 3.05) is 23.7 Å². The zero-order chi connectivity index (χ0) is 18.2. The molecule has 0 saturated heterocycles. The van der Waals surface area contributed by atoms with Crippen molar-refractivity contribution in [3.8, 4) is 0 Å². The standard InChI is InChI=1S/C16H19N9O/c1-12-22-14(8-15(23-12)24-13-4-2-3-5-18-13)19-6-7-20-16(26)9-25-11-17-10-21-25/h2-5,8,10-11H,6-7,9H2,1H3,(H,20,26)(H2,18,19,22,23,24). The van der Waals surface area contributed by atoms with Crippen molar-refractivity contribution in [3.63, 3.8) is 0 Å². The van der Waals surface area contributed by atoms with E-state index < -0.39 is 0 Å². The molecule has 3 N–H and O–H groups in total. The van der Waals surface area contributed by atoms with Gasteiger partial charge in [0.15, 0.2) is 0 Å². The molecule has 134 valence electrons. The van der Waals surface area contributed by atoms with E-state index in [4.69, 9.17) is 0 Å². The van der Waals surface area contributed by atoms with Gasteiger partial charge in [0.1, 0.15) is 42.5 Å². The number of amides is 1. The number of carbonyl (C=O) groups excluding carboxylic acids is 1. The summed E-state index contributed by atoms with van der Waals surface area (Å²) in [4.78, 5) is 28.4. The van der Waals surface area contributed by atoms with Crippen molar-refractivity contribution in [2.24, 2.45) is 0 Å². The third kappa shape index (κ3) is 5.23. The van der Waals surface area contributed by atoms with E-state index in [1.54, 1.807) is 12.3 Å². The summed E-state index contributed by atoms with van der Waals surface area (Å²) in [6, 6.07) is 7.39. The van der Waals surface area contributed by atoms with Crippen LogP contribution in [-0.4, -0.2) is 48.7 Å². The van der Waals surface area contributed by atoms with Crippen molar-refractivity contribution in [3.05, 3.63) is 48.9 Å². The summed E-state index contributed by atoms with van der Waals surface area (Å²) < 4.78 is 1.46. The summed E-state index contributed by atoms with van der Waals surface area (Å²) in [6.07, 6.45) is 4.60. The van der Waals surface area contributed by atoms with Gasteiger partial charge in [0.2, 0.25) is 5.91 Å². The molecule has 0 aliphatic carbocycles. The molecule has 0 radical (unpaired) electrons. The molecule has 0 bridgehead atoms. The predicted molar refractivity (Wildman–Crippen MR) is 95.8 cm³/mol. The molecule has 3 rings (SSSR count). The van der Waals surface area contributed by atoms with Gasteiger partial charge < -0.3 is 16.0 Å². The van der Waals surface area contributed by atoms with Crippen LogP contribution in [0, 0.1) is 6.92 Å². The summed E-state index contributed by atoms with van der Waals surface area (Å²) in [5, 5.41) is 13.0. The van der Waals surface area contributed by atoms with E-state index in [0.29, 0.717) is 36.4 Å². The van der Waals surface area contributed by atoms with E-state index in [1.807, 2.05) is 25.1 Å². The largest absolute Gasteiger partial charge is 0.368 e. The molecule has 0 aliphatic rings.